The number of sulfonamides is 1. The highest BCUT2D eigenvalue weighted by atomic mass is 32.2. The third-order valence-electron chi connectivity index (χ3n) is 11.8. The fraction of sp³-hybridized carbons (Fsp3) is 0.632. The van der Waals surface area contributed by atoms with Gasteiger partial charge in [-0.1, -0.05) is 32.4 Å². The van der Waals surface area contributed by atoms with Crippen LogP contribution >= 0.6 is 0 Å². The Balaban J connectivity index is 1.43. The van der Waals surface area contributed by atoms with Gasteiger partial charge in [0.05, 0.1) is 25.1 Å². The molecule has 6 rings (SSSR count). The Morgan fingerprint density at radius 2 is 1.88 bits per heavy atom. The van der Waals surface area contributed by atoms with Gasteiger partial charge >= 0.3 is 12.3 Å². The summed E-state index contributed by atoms with van der Waals surface area (Å²) in [6.45, 7) is 4.59. The molecule has 0 bridgehead atoms. The van der Waals surface area contributed by atoms with Crippen molar-refractivity contribution in [1.82, 2.24) is 30.0 Å². The minimum atomic E-state index is -5.09. The number of amides is 4. The summed E-state index contributed by atoms with van der Waals surface area (Å²) in [7, 11) is -2.54. The monoisotopic (exact) mass is 822 g/mol. The summed E-state index contributed by atoms with van der Waals surface area (Å²) in [4.78, 5) is 57.6. The number of rotatable bonds is 9. The van der Waals surface area contributed by atoms with Crippen molar-refractivity contribution in [1.29, 1.82) is 0 Å². The second-order valence-electron chi connectivity index (χ2n) is 16.2. The molecule has 7 atom stereocenters. The number of allylic oxidation sites excluding steroid dienone is 1. The highest BCUT2D eigenvalue weighted by Gasteiger charge is 2.63. The van der Waals surface area contributed by atoms with Crippen molar-refractivity contribution in [2.24, 2.45) is 17.8 Å². The maximum Gasteiger partial charge on any atom is 0.411 e. The summed E-state index contributed by atoms with van der Waals surface area (Å²) >= 11 is 0. The van der Waals surface area contributed by atoms with E-state index >= 15 is 4.79 Å². The van der Waals surface area contributed by atoms with Gasteiger partial charge in [0, 0.05) is 23.8 Å². The van der Waals surface area contributed by atoms with E-state index in [4.69, 9.17) is 9.47 Å². The second kappa shape index (κ2) is 15.6. The molecule has 4 amide bonds. The Labute approximate surface area is 328 Å². The van der Waals surface area contributed by atoms with Gasteiger partial charge in [0.25, 0.3) is 5.91 Å². The van der Waals surface area contributed by atoms with Gasteiger partial charge < -0.3 is 24.8 Å². The molecule has 3 N–H and O–H groups in total. The SMILES string of the molecule is CC[C@@H]1C[C@H](C)CCC=C[C@@H]2C[C@@]2(C(=O)NS(=O)(=O)C2CC2)NC(=O)[C@@H]2C[C@@H](Oc3cnnc4cc(OC)ccc34)CN2C(=O)[C@H]1N(C(=O)O)C(C)(C)C(F)(F)F. The lowest BCUT2D eigenvalue weighted by molar-refractivity contribution is -0.222. The highest BCUT2D eigenvalue weighted by Crippen LogP contribution is 2.47. The molecule has 3 heterocycles. The molecule has 2 aliphatic heterocycles. The summed E-state index contributed by atoms with van der Waals surface area (Å²) in [6, 6.07) is 1.62. The number of methoxy groups -OCH3 is 1. The van der Waals surface area contributed by atoms with Crippen LogP contribution in [0, 0.1) is 17.8 Å². The van der Waals surface area contributed by atoms with Gasteiger partial charge in [-0.15, -0.1) is 0 Å². The minimum absolute atomic E-state index is 0.0582. The van der Waals surface area contributed by atoms with Crippen LogP contribution in [0.15, 0.2) is 36.5 Å². The van der Waals surface area contributed by atoms with Gasteiger partial charge in [-0.2, -0.15) is 23.4 Å². The molecule has 2 aliphatic carbocycles. The largest absolute Gasteiger partial charge is 0.497 e. The topological polar surface area (TPSA) is 197 Å². The van der Waals surface area contributed by atoms with Crippen molar-refractivity contribution in [2.75, 3.05) is 13.7 Å². The Hall–Kier alpha value is -4.68. The molecule has 0 radical (unpaired) electrons. The third kappa shape index (κ3) is 8.34. The number of carbonyl (C=O) groups excluding carboxylic acids is 3. The number of nitrogens with one attached hydrogen (secondary N) is 2. The van der Waals surface area contributed by atoms with Crippen LogP contribution in [0.3, 0.4) is 0 Å². The first kappa shape index (κ1) is 41.9. The molecular formula is C38H49F3N6O9S. The van der Waals surface area contributed by atoms with E-state index in [0.717, 1.165) is 4.90 Å². The molecule has 19 heteroatoms. The van der Waals surface area contributed by atoms with Crippen LogP contribution in [-0.2, 0) is 24.4 Å². The Bertz CT molecular complexity index is 2040. The van der Waals surface area contributed by atoms with E-state index in [2.05, 4.69) is 20.2 Å². The van der Waals surface area contributed by atoms with Gasteiger partial charge in [-0.25, -0.2) is 13.2 Å². The lowest BCUT2D eigenvalue weighted by Crippen LogP contribution is -2.66. The molecule has 0 spiro atoms. The first-order valence-corrected chi connectivity index (χ1v) is 20.7. The number of ether oxygens (including phenoxy) is 2. The van der Waals surface area contributed by atoms with Crippen molar-refractivity contribution in [3.05, 3.63) is 36.5 Å². The van der Waals surface area contributed by atoms with Gasteiger partial charge in [-0.05, 0) is 76.3 Å². The maximum absolute atomic E-state index is 15.1. The number of nitrogens with zero attached hydrogens (tertiary/aromatic N) is 4. The fourth-order valence-corrected chi connectivity index (χ4v) is 9.45. The molecule has 2 saturated carbocycles. The van der Waals surface area contributed by atoms with E-state index in [-0.39, 0.29) is 48.8 Å². The zero-order chi connectivity index (χ0) is 41.7. The smallest absolute Gasteiger partial charge is 0.411 e. The number of alkyl halides is 3. The van der Waals surface area contributed by atoms with E-state index < -0.39 is 86.4 Å². The van der Waals surface area contributed by atoms with Crippen LogP contribution in [0.5, 0.6) is 11.5 Å². The number of carboxylic acid groups (broad SMARTS) is 1. The van der Waals surface area contributed by atoms with Crippen LogP contribution in [0.4, 0.5) is 18.0 Å². The first-order chi connectivity index (χ1) is 26.7. The van der Waals surface area contributed by atoms with Crippen molar-refractivity contribution in [3.63, 3.8) is 0 Å². The average Bonchev–Trinajstić information content (AvgIpc) is 4.07. The molecule has 0 unspecified atom stereocenters. The van der Waals surface area contributed by atoms with E-state index in [1.54, 1.807) is 31.2 Å². The summed E-state index contributed by atoms with van der Waals surface area (Å²) in [5, 5.41) is 21.1. The van der Waals surface area contributed by atoms with E-state index in [9.17, 15) is 41.1 Å². The zero-order valence-corrected chi connectivity index (χ0v) is 33.2. The van der Waals surface area contributed by atoms with E-state index in [0.29, 0.717) is 56.2 Å². The number of carbonyl (C=O) groups is 4. The highest BCUT2D eigenvalue weighted by molar-refractivity contribution is 7.91. The molecule has 15 nitrogen and oxygen atoms in total. The minimum Gasteiger partial charge on any atom is -0.497 e. The zero-order valence-electron chi connectivity index (χ0n) is 32.4. The number of hydrogen-bond acceptors (Lipinski definition) is 10. The Kier molecular flexibility index (Phi) is 11.5. The lowest BCUT2D eigenvalue weighted by atomic mass is 9.82. The molecule has 1 aromatic heterocycles. The van der Waals surface area contributed by atoms with Crippen molar-refractivity contribution in [2.45, 2.75) is 120 Å². The predicted molar refractivity (Wildman–Crippen MR) is 199 cm³/mol. The number of hydrogen-bond donors (Lipinski definition) is 3. The Morgan fingerprint density at radius 1 is 1.16 bits per heavy atom. The Morgan fingerprint density at radius 3 is 2.51 bits per heavy atom. The van der Waals surface area contributed by atoms with Crippen LogP contribution in [0.25, 0.3) is 10.9 Å². The van der Waals surface area contributed by atoms with Crippen molar-refractivity contribution >= 4 is 44.7 Å². The van der Waals surface area contributed by atoms with Crippen LogP contribution < -0.4 is 19.5 Å². The summed E-state index contributed by atoms with van der Waals surface area (Å²) in [6.07, 6.45) is -1.21. The second-order valence-corrected chi connectivity index (χ2v) is 18.2. The van der Waals surface area contributed by atoms with Crippen LogP contribution in [0.1, 0.15) is 79.1 Å². The average molecular weight is 823 g/mol. The number of aromatic nitrogens is 2. The summed E-state index contributed by atoms with van der Waals surface area (Å²) in [5.74, 6) is -3.80. The molecule has 1 aromatic carbocycles. The molecule has 3 fully saturated rings. The normalized spacial score (nSPS) is 28.7. The van der Waals surface area contributed by atoms with E-state index in [1.165, 1.54) is 13.3 Å². The number of halogens is 3. The molecule has 57 heavy (non-hydrogen) atoms. The van der Waals surface area contributed by atoms with Crippen LogP contribution in [-0.4, -0.2) is 112 Å². The van der Waals surface area contributed by atoms with Crippen LogP contribution in [0.2, 0.25) is 0 Å². The van der Waals surface area contributed by atoms with Gasteiger partial charge in [-0.3, -0.25) is 24.0 Å². The number of fused-ring (bicyclic) bond motifs is 3. The number of benzene rings is 1. The predicted octanol–water partition coefficient (Wildman–Crippen LogP) is 4.56. The standard InChI is InChI=1S/C38H49F3N6O9S/c1-6-22-15-21(2)9-7-8-10-23-18-37(23,34(50)45-57(53,54)26-12-13-26)43-32(48)29-17-25(56-30-19-42-44-28-16-24(55-5)11-14-27(28)30)20-46(29)33(49)31(22)47(35(51)52)36(3,4)38(39,40)41/h8,10-11,14,16,19,21-23,25-26,29,31H,6-7,9,12-13,15,17-18,20H2,1-5H3,(H,43,48)(H,45,50)(H,51,52)/t21-,22-,23-,25-,29+,31+,37-/m1/s1. The van der Waals surface area contributed by atoms with E-state index in [1.807, 2.05) is 13.0 Å². The first-order valence-electron chi connectivity index (χ1n) is 19.1. The van der Waals surface area contributed by atoms with Crippen molar-refractivity contribution in [3.8, 4) is 11.5 Å². The molecular weight excluding hydrogens is 774 g/mol. The van der Waals surface area contributed by atoms with Gasteiger partial charge in [0.1, 0.15) is 46.3 Å². The summed E-state index contributed by atoms with van der Waals surface area (Å²) in [5.41, 5.74) is -4.33. The quantitative estimate of drug-likeness (QED) is 0.300. The van der Waals surface area contributed by atoms with Crippen molar-refractivity contribution < 1.29 is 55.3 Å². The molecule has 2 aromatic rings. The summed E-state index contributed by atoms with van der Waals surface area (Å²) < 4.78 is 83.8. The maximum atomic E-state index is 15.1. The lowest BCUT2D eigenvalue weighted by Gasteiger charge is -2.46. The van der Waals surface area contributed by atoms with Gasteiger partial charge in [0.15, 0.2) is 0 Å². The third-order valence-corrected chi connectivity index (χ3v) is 13.6. The molecule has 1 saturated heterocycles. The van der Waals surface area contributed by atoms with Gasteiger partial charge in [0.2, 0.25) is 21.8 Å². The fourth-order valence-electron chi connectivity index (χ4n) is 8.09. The molecule has 4 aliphatic rings. The molecule has 312 valence electrons.